The summed E-state index contributed by atoms with van der Waals surface area (Å²) in [7, 11) is 2.04. The van der Waals surface area contributed by atoms with Gasteiger partial charge in [0.15, 0.2) is 5.96 Å². The summed E-state index contributed by atoms with van der Waals surface area (Å²) in [5.74, 6) is 1.71. The molecule has 1 fully saturated rings. The Kier molecular flexibility index (Phi) is 11.8. The van der Waals surface area contributed by atoms with Crippen LogP contribution in [-0.2, 0) is 4.74 Å². The van der Waals surface area contributed by atoms with Crippen molar-refractivity contribution >= 4 is 53.3 Å². The van der Waals surface area contributed by atoms with Gasteiger partial charge in [0.2, 0.25) is 0 Å². The molecule has 27 heavy (non-hydrogen) atoms. The predicted molar refractivity (Wildman–Crippen MR) is 127 cm³/mol. The average Bonchev–Trinajstić information content (AvgIpc) is 2.66. The molecular formula is C19H31ClIN3O2S. The Morgan fingerprint density at radius 2 is 2.15 bits per heavy atom. The summed E-state index contributed by atoms with van der Waals surface area (Å²) in [6.07, 6.45) is 4.29. The van der Waals surface area contributed by atoms with Gasteiger partial charge in [0.1, 0.15) is 12.4 Å². The lowest BCUT2D eigenvalue weighted by molar-refractivity contribution is 0.0793. The molecule has 154 valence electrons. The molecule has 0 saturated carbocycles. The molecule has 1 saturated heterocycles. The Morgan fingerprint density at radius 3 is 2.78 bits per heavy atom. The molecule has 1 heterocycles. The first-order valence-corrected chi connectivity index (χ1v) is 10.7. The van der Waals surface area contributed by atoms with E-state index in [9.17, 15) is 0 Å². The molecule has 1 aromatic rings. The quantitative estimate of drug-likeness (QED) is 0.313. The maximum absolute atomic E-state index is 5.99. The van der Waals surface area contributed by atoms with Crippen LogP contribution in [0.4, 0.5) is 0 Å². The first kappa shape index (κ1) is 24.7. The lowest BCUT2D eigenvalue weighted by Crippen LogP contribution is -2.43. The molecular weight excluding hydrogens is 497 g/mol. The number of aliphatic imine (C=N–C) groups is 1. The number of ether oxygens (including phenoxy) is 2. The Hall–Kier alpha value is -0.380. The van der Waals surface area contributed by atoms with Crippen molar-refractivity contribution in [3.8, 4) is 5.75 Å². The molecule has 1 aliphatic rings. The van der Waals surface area contributed by atoms with Crippen molar-refractivity contribution in [2.75, 3.05) is 52.8 Å². The molecule has 1 aromatic carbocycles. The molecule has 0 unspecified atom stereocenters. The lowest BCUT2D eigenvalue weighted by Gasteiger charge is -2.34. The van der Waals surface area contributed by atoms with Crippen LogP contribution in [0.3, 0.4) is 0 Å². The fraction of sp³-hybridized carbons (Fsp3) is 0.632. The zero-order chi connectivity index (χ0) is 18.8. The first-order valence-electron chi connectivity index (χ1n) is 9.09. The predicted octanol–water partition coefficient (Wildman–Crippen LogP) is 4.15. The number of benzene rings is 1. The number of hydrogen-bond acceptors (Lipinski definition) is 4. The second-order valence-corrected chi connectivity index (χ2v) is 8.11. The molecule has 8 heteroatoms. The Balaban J connectivity index is 0.00000364. The van der Waals surface area contributed by atoms with Crippen LogP contribution in [0, 0.1) is 0 Å². The van der Waals surface area contributed by atoms with Gasteiger partial charge in [-0.15, -0.1) is 24.0 Å². The fourth-order valence-electron chi connectivity index (χ4n) is 2.82. The minimum atomic E-state index is 0. The van der Waals surface area contributed by atoms with Gasteiger partial charge in [0, 0.05) is 36.6 Å². The molecule has 0 amide bonds. The summed E-state index contributed by atoms with van der Waals surface area (Å²) >= 11 is 7.90. The Labute approximate surface area is 189 Å². The largest absolute Gasteiger partial charge is 0.492 e. The van der Waals surface area contributed by atoms with E-state index in [-0.39, 0.29) is 28.7 Å². The second-order valence-electron chi connectivity index (χ2n) is 6.40. The van der Waals surface area contributed by atoms with E-state index in [0.29, 0.717) is 11.6 Å². The zero-order valence-corrected chi connectivity index (χ0v) is 20.3. The van der Waals surface area contributed by atoms with Gasteiger partial charge >= 0.3 is 0 Å². The molecule has 0 spiro atoms. The van der Waals surface area contributed by atoms with Gasteiger partial charge in [-0.1, -0.05) is 17.7 Å². The number of likely N-dealkylation sites (N-methyl/N-ethyl adjacent to an activating group) is 1. The third-order valence-corrected chi connectivity index (χ3v) is 6.18. The summed E-state index contributed by atoms with van der Waals surface area (Å²) in [5, 5.41) is 4.06. The molecule has 0 aliphatic carbocycles. The third kappa shape index (κ3) is 8.25. The molecule has 0 bridgehead atoms. The highest BCUT2D eigenvalue weighted by Gasteiger charge is 2.31. The normalized spacial score (nSPS) is 16.4. The molecule has 0 atom stereocenters. The number of nitrogens with one attached hydrogen (secondary N) is 1. The first-order chi connectivity index (χ1) is 12.6. The number of thioether (sulfide) groups is 1. The van der Waals surface area contributed by atoms with Crippen molar-refractivity contribution in [2.24, 2.45) is 4.99 Å². The van der Waals surface area contributed by atoms with Crippen LogP contribution < -0.4 is 10.1 Å². The molecule has 0 aromatic heterocycles. The number of hydrogen-bond donors (Lipinski definition) is 1. The summed E-state index contributed by atoms with van der Waals surface area (Å²) in [6, 6.07) is 7.48. The fourth-order valence-corrected chi connectivity index (χ4v) is 3.77. The van der Waals surface area contributed by atoms with Crippen molar-refractivity contribution in [2.45, 2.75) is 24.5 Å². The van der Waals surface area contributed by atoms with Gasteiger partial charge in [-0.05, 0) is 44.2 Å². The molecule has 5 nitrogen and oxygen atoms in total. The van der Waals surface area contributed by atoms with Crippen LogP contribution >= 0.6 is 47.3 Å². The van der Waals surface area contributed by atoms with Gasteiger partial charge in [0.05, 0.1) is 13.1 Å². The third-order valence-electron chi connectivity index (χ3n) is 4.54. The molecule has 0 radical (unpaired) electrons. The zero-order valence-electron chi connectivity index (χ0n) is 16.4. The Morgan fingerprint density at radius 1 is 1.41 bits per heavy atom. The second kappa shape index (κ2) is 13.0. The van der Waals surface area contributed by atoms with Crippen LogP contribution in [0.5, 0.6) is 5.75 Å². The van der Waals surface area contributed by atoms with E-state index in [2.05, 4.69) is 23.4 Å². The van der Waals surface area contributed by atoms with Crippen LogP contribution in [0.2, 0.25) is 5.02 Å². The van der Waals surface area contributed by atoms with E-state index in [1.807, 2.05) is 43.1 Å². The summed E-state index contributed by atoms with van der Waals surface area (Å²) in [6.45, 7) is 6.71. The van der Waals surface area contributed by atoms with Crippen molar-refractivity contribution in [1.29, 1.82) is 0 Å². The van der Waals surface area contributed by atoms with Gasteiger partial charge in [-0.3, -0.25) is 4.99 Å². The van der Waals surface area contributed by atoms with E-state index < -0.39 is 0 Å². The molecule has 2 rings (SSSR count). The summed E-state index contributed by atoms with van der Waals surface area (Å²) in [4.78, 5) is 7.01. The maximum atomic E-state index is 5.99. The average molecular weight is 528 g/mol. The number of nitrogens with zero attached hydrogens (tertiary/aromatic N) is 2. The van der Waals surface area contributed by atoms with E-state index in [1.54, 1.807) is 0 Å². The van der Waals surface area contributed by atoms with Crippen LogP contribution in [0.15, 0.2) is 29.3 Å². The van der Waals surface area contributed by atoms with E-state index >= 15 is 0 Å². The van der Waals surface area contributed by atoms with Crippen molar-refractivity contribution in [3.05, 3.63) is 29.3 Å². The lowest BCUT2D eigenvalue weighted by atomic mass is 9.99. The van der Waals surface area contributed by atoms with Crippen molar-refractivity contribution in [1.82, 2.24) is 10.2 Å². The topological polar surface area (TPSA) is 46.1 Å². The van der Waals surface area contributed by atoms with Crippen molar-refractivity contribution < 1.29 is 9.47 Å². The van der Waals surface area contributed by atoms with Gasteiger partial charge in [-0.2, -0.15) is 11.8 Å². The van der Waals surface area contributed by atoms with Crippen LogP contribution in [0.1, 0.15) is 19.8 Å². The van der Waals surface area contributed by atoms with Crippen molar-refractivity contribution in [3.63, 3.8) is 0 Å². The van der Waals surface area contributed by atoms with E-state index in [0.717, 1.165) is 57.4 Å². The van der Waals surface area contributed by atoms with Crippen LogP contribution in [0.25, 0.3) is 0 Å². The van der Waals surface area contributed by atoms with Gasteiger partial charge in [-0.25, -0.2) is 0 Å². The highest BCUT2D eigenvalue weighted by Crippen LogP contribution is 2.34. The number of halogens is 2. The van der Waals surface area contributed by atoms with Crippen LogP contribution in [-0.4, -0.2) is 68.4 Å². The monoisotopic (exact) mass is 527 g/mol. The minimum Gasteiger partial charge on any atom is -0.492 e. The standard InChI is InChI=1S/C19H30ClN3O2S.HI/c1-4-21-18(22-15-19(26-3)8-11-24-12-9-19)23(2)10-13-25-17-7-5-6-16(20)14-17;/h5-7,14H,4,8-13,15H2,1-3H3,(H,21,22);1H. The van der Waals surface area contributed by atoms with E-state index in [1.165, 1.54) is 0 Å². The minimum absolute atomic E-state index is 0. The SMILES string of the molecule is CCNC(=NCC1(SC)CCOCC1)N(C)CCOc1cccc(Cl)c1.I. The molecule has 1 N–H and O–H groups in total. The molecule has 1 aliphatic heterocycles. The highest BCUT2D eigenvalue weighted by atomic mass is 127. The number of guanidine groups is 1. The van der Waals surface area contributed by atoms with Gasteiger partial charge < -0.3 is 19.7 Å². The van der Waals surface area contributed by atoms with E-state index in [4.69, 9.17) is 26.1 Å². The summed E-state index contributed by atoms with van der Waals surface area (Å²) < 4.78 is 11.5. The summed E-state index contributed by atoms with van der Waals surface area (Å²) in [5.41, 5.74) is 0. The highest BCUT2D eigenvalue weighted by molar-refractivity contribution is 14.0. The van der Waals surface area contributed by atoms with Gasteiger partial charge in [0.25, 0.3) is 0 Å². The number of rotatable bonds is 8. The smallest absolute Gasteiger partial charge is 0.193 e. The Bertz CT molecular complexity index is 586. The maximum Gasteiger partial charge on any atom is 0.193 e.